The molecular formula is C20H23NO2S. The first-order valence-electron chi connectivity index (χ1n) is 8.01. The van der Waals surface area contributed by atoms with Gasteiger partial charge in [-0.05, 0) is 49.2 Å². The third kappa shape index (κ3) is 4.36. The molecule has 4 heteroatoms. The van der Waals surface area contributed by atoms with Crippen molar-refractivity contribution < 1.29 is 8.42 Å². The Kier molecular flexibility index (Phi) is 5.99. The number of hydrogen-bond acceptors (Lipinski definition) is 3. The Balaban J connectivity index is 2.12. The molecule has 3 nitrogen and oxygen atoms in total. The van der Waals surface area contributed by atoms with Gasteiger partial charge in [-0.1, -0.05) is 43.0 Å². The molecule has 126 valence electrons. The van der Waals surface area contributed by atoms with Crippen LogP contribution in [0.3, 0.4) is 0 Å². The van der Waals surface area contributed by atoms with Crippen LogP contribution < -0.4 is 4.90 Å². The van der Waals surface area contributed by atoms with E-state index in [0.29, 0.717) is 0 Å². The van der Waals surface area contributed by atoms with Crippen molar-refractivity contribution in [2.24, 2.45) is 0 Å². The van der Waals surface area contributed by atoms with Crippen LogP contribution >= 0.6 is 0 Å². The first kappa shape index (κ1) is 18.0. The first-order chi connectivity index (χ1) is 11.5. The highest BCUT2D eigenvalue weighted by molar-refractivity contribution is 7.94. The van der Waals surface area contributed by atoms with Crippen molar-refractivity contribution in [3.63, 3.8) is 0 Å². The Bertz CT molecular complexity index is 800. The van der Waals surface area contributed by atoms with E-state index < -0.39 is 9.84 Å². The van der Waals surface area contributed by atoms with E-state index >= 15 is 0 Å². The first-order valence-corrected chi connectivity index (χ1v) is 9.55. The van der Waals surface area contributed by atoms with Gasteiger partial charge in [0, 0.05) is 24.2 Å². The molecule has 0 bridgehead atoms. The fourth-order valence-electron chi connectivity index (χ4n) is 2.44. The summed E-state index contributed by atoms with van der Waals surface area (Å²) in [5, 5.41) is 0.968. The maximum absolute atomic E-state index is 11.7. The predicted molar refractivity (Wildman–Crippen MR) is 103 cm³/mol. The van der Waals surface area contributed by atoms with Crippen molar-refractivity contribution >= 4 is 27.7 Å². The molecule has 0 aliphatic rings. The molecule has 2 rings (SSSR count). The molecule has 0 aromatic heterocycles. The molecule has 0 N–H and O–H groups in total. The fourth-order valence-corrected chi connectivity index (χ4v) is 3.15. The average Bonchev–Trinajstić information content (AvgIpc) is 2.62. The minimum atomic E-state index is -3.36. The third-order valence-corrected chi connectivity index (χ3v) is 5.29. The molecule has 0 aliphatic heterocycles. The minimum absolute atomic E-state index is 0.262. The summed E-state index contributed by atoms with van der Waals surface area (Å²) in [6.45, 7) is 9.61. The summed E-state index contributed by atoms with van der Waals surface area (Å²) < 4.78 is 23.4. The quantitative estimate of drug-likeness (QED) is 0.690. The average molecular weight is 341 g/mol. The van der Waals surface area contributed by atoms with Gasteiger partial charge in [-0.2, -0.15) is 0 Å². The summed E-state index contributed by atoms with van der Waals surface area (Å²) >= 11 is 0. The van der Waals surface area contributed by atoms with Crippen LogP contribution in [-0.4, -0.2) is 21.5 Å². The van der Waals surface area contributed by atoms with Crippen molar-refractivity contribution in [2.45, 2.75) is 18.7 Å². The van der Waals surface area contributed by atoms with E-state index in [1.165, 1.54) is 5.69 Å². The van der Waals surface area contributed by atoms with Crippen LogP contribution in [0.1, 0.15) is 25.0 Å². The van der Waals surface area contributed by atoms with Gasteiger partial charge in [0.1, 0.15) is 0 Å². The summed E-state index contributed by atoms with van der Waals surface area (Å²) in [6.07, 6.45) is 3.99. The van der Waals surface area contributed by atoms with E-state index in [9.17, 15) is 8.42 Å². The standard InChI is InChI=1S/C20H23NO2S/c1-4-21(5-2)19-13-9-17(10-14-19)7-8-18-11-15-20(16-12-18)24(22,23)6-3/h6-16H,3-5H2,1-2H3. The topological polar surface area (TPSA) is 37.4 Å². The molecule has 0 unspecified atom stereocenters. The highest BCUT2D eigenvalue weighted by Gasteiger charge is 2.07. The highest BCUT2D eigenvalue weighted by Crippen LogP contribution is 2.18. The number of benzene rings is 2. The second-order valence-electron chi connectivity index (χ2n) is 5.38. The van der Waals surface area contributed by atoms with Crippen LogP contribution in [0.15, 0.2) is 65.4 Å². The Morgan fingerprint density at radius 2 is 1.33 bits per heavy atom. The summed E-state index contributed by atoms with van der Waals surface area (Å²) in [5.74, 6) is 0. The predicted octanol–water partition coefficient (Wildman–Crippen LogP) is 4.62. The second kappa shape index (κ2) is 7.97. The molecule has 2 aromatic carbocycles. The van der Waals surface area contributed by atoms with E-state index in [2.05, 4.69) is 49.6 Å². The molecule has 0 aliphatic carbocycles. The molecule has 0 saturated carbocycles. The second-order valence-corrected chi connectivity index (χ2v) is 7.27. The van der Waals surface area contributed by atoms with E-state index in [-0.39, 0.29) is 4.90 Å². The number of rotatable bonds is 7. The van der Waals surface area contributed by atoms with Gasteiger partial charge in [0.15, 0.2) is 9.84 Å². The van der Waals surface area contributed by atoms with E-state index in [4.69, 9.17) is 0 Å². The lowest BCUT2D eigenvalue weighted by atomic mass is 10.1. The van der Waals surface area contributed by atoms with Crippen molar-refractivity contribution in [1.82, 2.24) is 0 Å². The SMILES string of the molecule is C=CS(=O)(=O)c1ccc(C=Cc2ccc(N(CC)CC)cc2)cc1. The van der Waals surface area contributed by atoms with Crippen LogP contribution in [0.4, 0.5) is 5.69 Å². The summed E-state index contributed by atoms with van der Waals surface area (Å²) in [7, 11) is -3.36. The normalized spacial score (nSPS) is 11.6. The molecule has 0 heterocycles. The van der Waals surface area contributed by atoms with Crippen molar-refractivity contribution in [3.05, 3.63) is 71.6 Å². The Labute approximate surface area is 144 Å². The number of hydrogen-bond donors (Lipinski definition) is 0. The number of nitrogens with zero attached hydrogens (tertiary/aromatic N) is 1. The Morgan fingerprint density at radius 3 is 1.75 bits per heavy atom. The van der Waals surface area contributed by atoms with Crippen LogP contribution in [0.5, 0.6) is 0 Å². The summed E-state index contributed by atoms with van der Waals surface area (Å²) in [6, 6.07) is 15.2. The molecule has 2 aromatic rings. The number of anilines is 1. The molecule has 0 spiro atoms. The van der Waals surface area contributed by atoms with Gasteiger partial charge in [-0.3, -0.25) is 0 Å². The molecule has 0 fully saturated rings. The summed E-state index contributed by atoms with van der Waals surface area (Å²) in [5.41, 5.74) is 3.27. The molecule has 0 radical (unpaired) electrons. The lowest BCUT2D eigenvalue weighted by molar-refractivity contribution is 0.604. The fraction of sp³-hybridized carbons (Fsp3) is 0.200. The highest BCUT2D eigenvalue weighted by atomic mass is 32.2. The lowest BCUT2D eigenvalue weighted by Crippen LogP contribution is -2.21. The van der Waals surface area contributed by atoms with Gasteiger partial charge in [0.25, 0.3) is 0 Å². The smallest absolute Gasteiger partial charge is 0.199 e. The van der Waals surface area contributed by atoms with Crippen molar-refractivity contribution in [3.8, 4) is 0 Å². The zero-order valence-corrected chi connectivity index (χ0v) is 15.0. The van der Waals surface area contributed by atoms with Gasteiger partial charge in [-0.15, -0.1) is 0 Å². The Morgan fingerprint density at radius 1 is 0.875 bits per heavy atom. The Hall–Kier alpha value is -2.33. The van der Waals surface area contributed by atoms with E-state index in [1.54, 1.807) is 24.3 Å². The van der Waals surface area contributed by atoms with E-state index in [0.717, 1.165) is 29.6 Å². The zero-order chi connectivity index (χ0) is 17.6. The van der Waals surface area contributed by atoms with Crippen molar-refractivity contribution in [1.29, 1.82) is 0 Å². The monoisotopic (exact) mass is 341 g/mol. The van der Waals surface area contributed by atoms with E-state index in [1.807, 2.05) is 12.2 Å². The summed E-state index contributed by atoms with van der Waals surface area (Å²) in [4.78, 5) is 2.56. The zero-order valence-electron chi connectivity index (χ0n) is 14.1. The molecular weight excluding hydrogens is 318 g/mol. The van der Waals surface area contributed by atoms with Crippen LogP contribution in [0.25, 0.3) is 12.2 Å². The molecule has 0 saturated heterocycles. The third-order valence-electron chi connectivity index (χ3n) is 3.92. The van der Waals surface area contributed by atoms with Gasteiger partial charge in [0.05, 0.1) is 4.90 Å². The number of sulfone groups is 1. The minimum Gasteiger partial charge on any atom is -0.372 e. The van der Waals surface area contributed by atoms with Gasteiger partial charge >= 0.3 is 0 Å². The van der Waals surface area contributed by atoms with Crippen LogP contribution in [-0.2, 0) is 9.84 Å². The molecule has 0 atom stereocenters. The molecule has 24 heavy (non-hydrogen) atoms. The van der Waals surface area contributed by atoms with Gasteiger partial charge in [0.2, 0.25) is 0 Å². The van der Waals surface area contributed by atoms with Crippen LogP contribution in [0, 0.1) is 0 Å². The van der Waals surface area contributed by atoms with Gasteiger partial charge < -0.3 is 4.90 Å². The van der Waals surface area contributed by atoms with Gasteiger partial charge in [-0.25, -0.2) is 8.42 Å². The maximum atomic E-state index is 11.7. The lowest BCUT2D eigenvalue weighted by Gasteiger charge is -2.20. The largest absolute Gasteiger partial charge is 0.372 e. The maximum Gasteiger partial charge on any atom is 0.199 e. The van der Waals surface area contributed by atoms with Crippen molar-refractivity contribution in [2.75, 3.05) is 18.0 Å². The molecule has 0 amide bonds. The van der Waals surface area contributed by atoms with Crippen LogP contribution in [0.2, 0.25) is 0 Å².